The van der Waals surface area contributed by atoms with Crippen LogP contribution in [0, 0.1) is 0 Å². The first kappa shape index (κ1) is 13.7. The zero-order chi connectivity index (χ0) is 16.0. The number of H-pyrrole nitrogens is 1. The Balaban J connectivity index is 1.60. The third kappa shape index (κ3) is 2.30. The van der Waals surface area contributed by atoms with Crippen LogP contribution in [-0.2, 0) is 9.53 Å². The van der Waals surface area contributed by atoms with Crippen molar-refractivity contribution in [2.45, 2.75) is 13.0 Å². The molecular weight excluding hydrogens is 296 g/mol. The van der Waals surface area contributed by atoms with Crippen molar-refractivity contribution in [3.8, 4) is 0 Å². The van der Waals surface area contributed by atoms with Crippen LogP contribution in [0.2, 0.25) is 0 Å². The van der Waals surface area contributed by atoms with Crippen molar-refractivity contribution < 1.29 is 14.3 Å². The van der Waals surface area contributed by atoms with E-state index < -0.39 is 0 Å². The number of aromatic nitrogens is 2. The van der Waals surface area contributed by atoms with Crippen molar-refractivity contribution in [2.24, 2.45) is 0 Å². The highest BCUT2D eigenvalue weighted by Gasteiger charge is 2.32. The number of hydrogen-bond donors (Lipinski definition) is 2. The van der Waals surface area contributed by atoms with Crippen molar-refractivity contribution in [1.82, 2.24) is 14.7 Å². The van der Waals surface area contributed by atoms with Crippen LogP contribution in [0.25, 0.3) is 16.6 Å². The summed E-state index contributed by atoms with van der Waals surface area (Å²) in [6.45, 7) is 2.20. The Hall–Kier alpha value is -2.96. The van der Waals surface area contributed by atoms with Crippen LogP contribution in [0.3, 0.4) is 0 Å². The molecule has 1 aliphatic heterocycles. The molecule has 7 nitrogen and oxygen atoms in total. The van der Waals surface area contributed by atoms with E-state index in [1.165, 1.54) is 6.92 Å². The Kier molecular flexibility index (Phi) is 3.00. The van der Waals surface area contributed by atoms with E-state index in [-0.39, 0.29) is 18.1 Å². The number of imidazole rings is 1. The van der Waals surface area contributed by atoms with Crippen LogP contribution >= 0.6 is 0 Å². The number of benzene rings is 1. The third-order valence-electron chi connectivity index (χ3n) is 4.04. The average Bonchev–Trinajstić information content (AvgIpc) is 3.18. The largest absolute Gasteiger partial charge is 0.442 e. The van der Waals surface area contributed by atoms with E-state index in [1.54, 1.807) is 4.90 Å². The zero-order valence-electron chi connectivity index (χ0n) is 12.6. The summed E-state index contributed by atoms with van der Waals surface area (Å²) in [4.78, 5) is 27.8. The summed E-state index contributed by atoms with van der Waals surface area (Å²) in [6.07, 6.45) is 3.13. The summed E-state index contributed by atoms with van der Waals surface area (Å²) < 4.78 is 7.35. The number of anilines is 1. The maximum atomic E-state index is 12.1. The molecule has 4 rings (SSSR count). The molecule has 1 saturated heterocycles. The van der Waals surface area contributed by atoms with Gasteiger partial charge in [0.05, 0.1) is 18.6 Å². The van der Waals surface area contributed by atoms with Gasteiger partial charge in [0.15, 0.2) is 0 Å². The summed E-state index contributed by atoms with van der Waals surface area (Å²) in [7, 11) is 0. The number of carbonyl (C=O) groups is 2. The van der Waals surface area contributed by atoms with Gasteiger partial charge in [-0.1, -0.05) is 0 Å². The van der Waals surface area contributed by atoms with Gasteiger partial charge >= 0.3 is 6.09 Å². The second kappa shape index (κ2) is 5.05. The van der Waals surface area contributed by atoms with E-state index >= 15 is 0 Å². The SMILES string of the molecule is CC(=O)NC[C@H]1CN(c2ccc3c(c2)cc2[nH]ccn23)C(=O)O1. The molecule has 2 amide bonds. The van der Waals surface area contributed by atoms with E-state index in [4.69, 9.17) is 4.74 Å². The number of carbonyl (C=O) groups excluding carboxylic acids is 2. The van der Waals surface area contributed by atoms with Crippen molar-refractivity contribution >= 4 is 34.2 Å². The van der Waals surface area contributed by atoms with Gasteiger partial charge < -0.3 is 19.4 Å². The number of rotatable bonds is 3. The lowest BCUT2D eigenvalue weighted by atomic mass is 10.2. The Morgan fingerprint density at radius 3 is 3.13 bits per heavy atom. The average molecular weight is 312 g/mol. The molecule has 0 spiro atoms. The quantitative estimate of drug-likeness (QED) is 0.775. The van der Waals surface area contributed by atoms with Crippen molar-refractivity contribution in [1.29, 1.82) is 0 Å². The summed E-state index contributed by atoms with van der Waals surface area (Å²) >= 11 is 0. The molecule has 0 unspecified atom stereocenters. The van der Waals surface area contributed by atoms with E-state index in [9.17, 15) is 9.59 Å². The second-order valence-electron chi connectivity index (χ2n) is 5.66. The van der Waals surface area contributed by atoms with Gasteiger partial charge in [0.25, 0.3) is 0 Å². The molecule has 0 bridgehead atoms. The number of aromatic amines is 1. The fourth-order valence-electron chi connectivity index (χ4n) is 2.96. The molecule has 1 aliphatic rings. The maximum Gasteiger partial charge on any atom is 0.414 e. The molecule has 2 N–H and O–H groups in total. The summed E-state index contributed by atoms with van der Waals surface area (Å²) in [5.41, 5.74) is 2.87. The summed E-state index contributed by atoms with van der Waals surface area (Å²) in [6, 6.07) is 7.90. The zero-order valence-corrected chi connectivity index (χ0v) is 12.6. The fraction of sp³-hybridized carbons (Fsp3) is 0.250. The highest BCUT2D eigenvalue weighted by atomic mass is 16.6. The Labute approximate surface area is 131 Å². The minimum Gasteiger partial charge on any atom is -0.442 e. The van der Waals surface area contributed by atoms with Crippen molar-refractivity contribution in [2.75, 3.05) is 18.0 Å². The van der Waals surface area contributed by atoms with E-state index in [0.29, 0.717) is 13.1 Å². The number of hydrogen-bond acceptors (Lipinski definition) is 3. The van der Waals surface area contributed by atoms with Crippen LogP contribution in [0.15, 0.2) is 36.7 Å². The lowest BCUT2D eigenvalue weighted by Gasteiger charge is -2.13. The molecule has 3 aromatic rings. The number of amides is 2. The Morgan fingerprint density at radius 2 is 2.30 bits per heavy atom. The van der Waals surface area contributed by atoms with Crippen LogP contribution < -0.4 is 10.2 Å². The first-order valence-corrected chi connectivity index (χ1v) is 7.42. The lowest BCUT2D eigenvalue weighted by Crippen LogP contribution is -2.33. The molecule has 1 atom stereocenters. The van der Waals surface area contributed by atoms with E-state index in [0.717, 1.165) is 22.2 Å². The molecule has 1 aromatic carbocycles. The predicted molar refractivity (Wildman–Crippen MR) is 85.6 cm³/mol. The number of ether oxygens (including phenoxy) is 1. The minimum absolute atomic E-state index is 0.134. The third-order valence-corrected chi connectivity index (χ3v) is 4.04. The smallest absolute Gasteiger partial charge is 0.414 e. The second-order valence-corrected chi connectivity index (χ2v) is 5.66. The summed E-state index contributed by atoms with van der Waals surface area (Å²) in [5, 5.41) is 3.72. The molecule has 7 heteroatoms. The first-order chi connectivity index (χ1) is 11.1. The monoisotopic (exact) mass is 312 g/mol. The maximum absolute atomic E-state index is 12.1. The number of nitrogens with zero attached hydrogens (tertiary/aromatic N) is 2. The first-order valence-electron chi connectivity index (χ1n) is 7.42. The van der Waals surface area contributed by atoms with Crippen LogP contribution in [0.4, 0.5) is 10.5 Å². The van der Waals surface area contributed by atoms with E-state index in [2.05, 4.69) is 14.7 Å². The Bertz CT molecular complexity index is 910. The van der Waals surface area contributed by atoms with Gasteiger partial charge in [-0.3, -0.25) is 9.69 Å². The molecular formula is C16H16N4O3. The Morgan fingerprint density at radius 1 is 1.43 bits per heavy atom. The predicted octanol–water partition coefficient (Wildman–Crippen LogP) is 1.88. The van der Waals surface area contributed by atoms with Gasteiger partial charge in [0.2, 0.25) is 5.91 Å². The van der Waals surface area contributed by atoms with Gasteiger partial charge in [-0.15, -0.1) is 0 Å². The number of fused-ring (bicyclic) bond motifs is 3. The highest BCUT2D eigenvalue weighted by Crippen LogP contribution is 2.27. The van der Waals surface area contributed by atoms with Gasteiger partial charge in [-0.05, 0) is 24.3 Å². The summed E-state index contributed by atoms with van der Waals surface area (Å²) in [5.74, 6) is -0.134. The topological polar surface area (TPSA) is 78.8 Å². The molecule has 118 valence electrons. The van der Waals surface area contributed by atoms with Gasteiger partial charge in [-0.25, -0.2) is 4.79 Å². The van der Waals surface area contributed by atoms with Gasteiger partial charge in [0.1, 0.15) is 11.8 Å². The van der Waals surface area contributed by atoms with Crippen LogP contribution in [0.5, 0.6) is 0 Å². The molecule has 1 fully saturated rings. The van der Waals surface area contributed by atoms with Crippen molar-refractivity contribution in [3.63, 3.8) is 0 Å². The molecule has 0 radical (unpaired) electrons. The molecule has 0 saturated carbocycles. The van der Waals surface area contributed by atoms with Crippen LogP contribution in [-0.4, -0.2) is 40.6 Å². The van der Waals surface area contributed by atoms with Crippen molar-refractivity contribution in [3.05, 3.63) is 36.7 Å². The number of cyclic esters (lactones) is 1. The highest BCUT2D eigenvalue weighted by molar-refractivity contribution is 5.95. The molecule has 2 aromatic heterocycles. The van der Waals surface area contributed by atoms with Gasteiger partial charge in [-0.2, -0.15) is 0 Å². The number of nitrogens with one attached hydrogen (secondary N) is 2. The van der Waals surface area contributed by atoms with Crippen LogP contribution in [0.1, 0.15) is 6.92 Å². The molecule has 3 heterocycles. The normalized spacial score (nSPS) is 17.9. The lowest BCUT2D eigenvalue weighted by molar-refractivity contribution is -0.119. The fourth-order valence-corrected chi connectivity index (χ4v) is 2.96. The van der Waals surface area contributed by atoms with Gasteiger partial charge in [0, 0.05) is 30.4 Å². The standard InChI is InChI=1S/C16H16N4O3/c1-10(21)18-8-13-9-20(16(22)23-13)12-2-3-14-11(6-12)7-15-17-4-5-19(14)15/h2-7,13,17H,8-9H2,1H3,(H,18,21)/t13-/m0/s1. The minimum atomic E-state index is -0.385. The molecule has 0 aliphatic carbocycles. The molecule has 23 heavy (non-hydrogen) atoms. The van der Waals surface area contributed by atoms with E-state index in [1.807, 2.05) is 36.7 Å².